The van der Waals surface area contributed by atoms with Gasteiger partial charge in [0.25, 0.3) is 0 Å². The third kappa shape index (κ3) is 2.22. The molecule has 5 unspecified atom stereocenters. The summed E-state index contributed by atoms with van der Waals surface area (Å²) in [6.45, 7) is 17.0. The Morgan fingerprint density at radius 2 is 1.92 bits per heavy atom. The second-order valence-corrected chi connectivity index (χ2v) is 14.6. The minimum atomic E-state index is -1.56. The van der Waals surface area contributed by atoms with Gasteiger partial charge >= 0.3 is 0 Å². The first-order valence-electron chi connectivity index (χ1n) is 8.89. The molecule has 1 aromatic rings. The van der Waals surface area contributed by atoms with Crippen LogP contribution in [0.5, 0.6) is 0 Å². The molecular formula is C20H30O3Si. The summed E-state index contributed by atoms with van der Waals surface area (Å²) in [7, 11) is -1.56. The van der Waals surface area contributed by atoms with E-state index in [0.717, 1.165) is 11.1 Å². The number of Topliss-reactive ketones (excluding diaryl/α,β-unsaturated/α-hetero) is 1. The lowest BCUT2D eigenvalue weighted by Crippen LogP contribution is -2.50. The van der Waals surface area contributed by atoms with Crippen LogP contribution in [0.2, 0.25) is 19.6 Å². The maximum absolute atomic E-state index is 13.2. The standard InChI is InChI=1S/C20H30O3Si/c1-8-14-19(2,3)18(22)12-11-20(14,4)16(17(12)21)13-9-10-15(23-13)24(5,6)7/h8-10,12,14,16,18,22H,1,11H2,2-7H3. The monoisotopic (exact) mass is 346 g/mol. The van der Waals surface area contributed by atoms with E-state index in [1.54, 1.807) is 0 Å². The Labute approximate surface area is 146 Å². The van der Waals surface area contributed by atoms with Gasteiger partial charge in [0.15, 0.2) is 0 Å². The summed E-state index contributed by atoms with van der Waals surface area (Å²) in [5.41, 5.74) is -0.612. The Morgan fingerprint density at radius 1 is 1.29 bits per heavy atom. The summed E-state index contributed by atoms with van der Waals surface area (Å²) < 4.78 is 6.20. The number of hydrogen-bond acceptors (Lipinski definition) is 3. The van der Waals surface area contributed by atoms with Crippen molar-refractivity contribution >= 4 is 19.2 Å². The number of allylic oxidation sites excluding steroid dienone is 1. The molecule has 0 spiro atoms. The third-order valence-corrected chi connectivity index (χ3v) is 8.26. The van der Waals surface area contributed by atoms with E-state index in [-0.39, 0.29) is 34.4 Å². The zero-order valence-corrected chi connectivity index (χ0v) is 16.7. The van der Waals surface area contributed by atoms with Gasteiger partial charge < -0.3 is 9.52 Å². The number of carbonyl (C=O) groups is 1. The van der Waals surface area contributed by atoms with Crippen LogP contribution in [0.15, 0.2) is 29.2 Å². The summed E-state index contributed by atoms with van der Waals surface area (Å²) in [6.07, 6.45) is 2.02. The van der Waals surface area contributed by atoms with Gasteiger partial charge in [0.05, 0.1) is 17.4 Å². The third-order valence-electron chi connectivity index (χ3n) is 6.51. The Kier molecular flexibility index (Phi) is 3.82. The lowest BCUT2D eigenvalue weighted by atomic mass is 9.54. The molecule has 0 saturated heterocycles. The molecule has 1 N–H and O–H groups in total. The predicted octanol–water partition coefficient (Wildman–Crippen LogP) is 3.71. The molecule has 24 heavy (non-hydrogen) atoms. The lowest BCUT2D eigenvalue weighted by Gasteiger charge is -2.51. The maximum atomic E-state index is 13.2. The molecule has 0 amide bonds. The smallest absolute Gasteiger partial charge is 0.149 e. The fourth-order valence-corrected chi connectivity index (χ4v) is 6.31. The van der Waals surface area contributed by atoms with Crippen molar-refractivity contribution in [1.82, 2.24) is 0 Å². The van der Waals surface area contributed by atoms with Crippen molar-refractivity contribution in [3.8, 4) is 0 Å². The molecular weight excluding hydrogens is 316 g/mol. The van der Waals surface area contributed by atoms with Crippen LogP contribution >= 0.6 is 0 Å². The van der Waals surface area contributed by atoms with Crippen molar-refractivity contribution in [2.75, 3.05) is 0 Å². The highest BCUT2D eigenvalue weighted by atomic mass is 28.3. The van der Waals surface area contributed by atoms with Crippen LogP contribution in [0.3, 0.4) is 0 Å². The maximum Gasteiger partial charge on any atom is 0.149 e. The van der Waals surface area contributed by atoms with Crippen molar-refractivity contribution in [1.29, 1.82) is 0 Å². The normalized spacial score (nSPS) is 38.4. The van der Waals surface area contributed by atoms with E-state index >= 15 is 0 Å². The molecule has 3 rings (SSSR count). The quantitative estimate of drug-likeness (QED) is 0.670. The van der Waals surface area contributed by atoms with Gasteiger partial charge in [-0.15, -0.1) is 6.58 Å². The topological polar surface area (TPSA) is 50.4 Å². The molecule has 1 heterocycles. The summed E-state index contributed by atoms with van der Waals surface area (Å²) in [5.74, 6) is 0.393. The molecule has 2 fully saturated rings. The molecule has 132 valence electrons. The van der Waals surface area contributed by atoms with Gasteiger partial charge in [0.1, 0.15) is 19.6 Å². The second-order valence-electron chi connectivity index (χ2n) is 9.58. The first-order chi connectivity index (χ1) is 10.9. The highest BCUT2D eigenvalue weighted by Gasteiger charge is 2.66. The van der Waals surface area contributed by atoms with Gasteiger partial charge in [-0.05, 0) is 35.3 Å². The second kappa shape index (κ2) is 5.18. The Hall–Kier alpha value is -1.13. The van der Waals surface area contributed by atoms with Crippen LogP contribution < -0.4 is 5.38 Å². The average Bonchev–Trinajstić information content (AvgIpc) is 3.00. The molecule has 2 bridgehead atoms. The molecule has 4 heteroatoms. The van der Waals surface area contributed by atoms with Gasteiger partial charge in [-0.1, -0.05) is 46.5 Å². The number of aliphatic hydroxyl groups is 1. The molecule has 0 aliphatic heterocycles. The van der Waals surface area contributed by atoms with Crippen LogP contribution in [0.4, 0.5) is 0 Å². The van der Waals surface area contributed by atoms with E-state index in [1.807, 2.05) is 18.2 Å². The largest absolute Gasteiger partial charge is 0.470 e. The van der Waals surface area contributed by atoms with E-state index in [1.165, 1.54) is 0 Å². The van der Waals surface area contributed by atoms with Crippen molar-refractivity contribution in [2.45, 2.75) is 58.9 Å². The fourth-order valence-electron chi connectivity index (χ4n) is 5.31. The molecule has 2 aliphatic carbocycles. The van der Waals surface area contributed by atoms with Crippen LogP contribution in [-0.4, -0.2) is 25.1 Å². The number of furan rings is 1. The van der Waals surface area contributed by atoms with Crippen molar-refractivity contribution in [2.24, 2.45) is 22.7 Å². The van der Waals surface area contributed by atoms with Crippen molar-refractivity contribution in [3.63, 3.8) is 0 Å². The van der Waals surface area contributed by atoms with Crippen LogP contribution in [0.1, 0.15) is 38.9 Å². The van der Waals surface area contributed by atoms with Gasteiger partial charge in [-0.3, -0.25) is 4.79 Å². The van der Waals surface area contributed by atoms with Crippen molar-refractivity contribution < 1.29 is 14.3 Å². The first kappa shape index (κ1) is 17.7. The number of carbonyl (C=O) groups excluding carboxylic acids is 1. The zero-order chi connectivity index (χ0) is 18.1. The number of ketones is 1. The highest BCUT2D eigenvalue weighted by Crippen LogP contribution is 2.65. The van der Waals surface area contributed by atoms with Gasteiger partial charge in [0, 0.05) is 5.92 Å². The molecule has 0 radical (unpaired) electrons. The number of hydrogen-bond donors (Lipinski definition) is 1. The molecule has 3 nitrogen and oxygen atoms in total. The highest BCUT2D eigenvalue weighted by molar-refractivity contribution is 6.87. The molecule has 0 aromatic carbocycles. The molecule has 5 atom stereocenters. The van der Waals surface area contributed by atoms with Gasteiger partial charge in [-0.25, -0.2) is 0 Å². The summed E-state index contributed by atoms with van der Waals surface area (Å²) >= 11 is 0. The van der Waals surface area contributed by atoms with Gasteiger partial charge in [0.2, 0.25) is 0 Å². The Balaban J connectivity index is 2.11. The zero-order valence-electron chi connectivity index (χ0n) is 15.7. The number of aliphatic hydroxyl groups excluding tert-OH is 1. The van der Waals surface area contributed by atoms with E-state index < -0.39 is 14.2 Å². The molecule has 1 aromatic heterocycles. The average molecular weight is 347 g/mol. The fraction of sp³-hybridized carbons (Fsp3) is 0.650. The van der Waals surface area contributed by atoms with Crippen molar-refractivity contribution in [3.05, 3.63) is 30.5 Å². The van der Waals surface area contributed by atoms with Crippen LogP contribution in [0, 0.1) is 22.7 Å². The van der Waals surface area contributed by atoms with E-state index in [2.05, 4.69) is 47.0 Å². The van der Waals surface area contributed by atoms with Crippen LogP contribution in [-0.2, 0) is 4.79 Å². The number of rotatable bonds is 3. The summed E-state index contributed by atoms with van der Waals surface area (Å²) in [4.78, 5) is 13.2. The summed E-state index contributed by atoms with van der Waals surface area (Å²) in [6, 6.07) is 4.03. The van der Waals surface area contributed by atoms with E-state index in [9.17, 15) is 9.90 Å². The van der Waals surface area contributed by atoms with Gasteiger partial charge in [-0.2, -0.15) is 0 Å². The SMILES string of the molecule is C=CC1C(C)(C)C(O)C2CC1(C)C(c1ccc([Si](C)(C)C)o1)C2=O. The first-order valence-corrected chi connectivity index (χ1v) is 12.4. The summed E-state index contributed by atoms with van der Waals surface area (Å²) in [5, 5.41) is 11.8. The van der Waals surface area contributed by atoms with E-state index in [0.29, 0.717) is 6.42 Å². The Morgan fingerprint density at radius 3 is 2.42 bits per heavy atom. The van der Waals surface area contributed by atoms with Crippen LogP contribution in [0.25, 0.3) is 0 Å². The predicted molar refractivity (Wildman–Crippen MR) is 99.1 cm³/mol. The minimum Gasteiger partial charge on any atom is -0.470 e. The molecule has 2 saturated carbocycles. The lowest BCUT2D eigenvalue weighted by molar-refractivity contribution is -0.129. The number of fused-ring (bicyclic) bond motifs is 2. The molecule has 2 aliphatic rings. The van der Waals surface area contributed by atoms with E-state index in [4.69, 9.17) is 4.42 Å². The minimum absolute atomic E-state index is 0.0631. The Bertz CT molecular complexity index is 681.